The van der Waals surface area contributed by atoms with Crippen molar-refractivity contribution in [1.82, 2.24) is 10.2 Å². The number of carboxylic acid groups (broad SMARTS) is 1. The molecular weight excluding hydrogens is 348 g/mol. The van der Waals surface area contributed by atoms with E-state index in [1.807, 2.05) is 36.0 Å². The Morgan fingerprint density at radius 2 is 1.92 bits per heavy atom. The first kappa shape index (κ1) is 19.2. The number of nitrogens with zero attached hydrogens (tertiary/aromatic N) is 1. The summed E-state index contributed by atoms with van der Waals surface area (Å²) < 4.78 is 0. The van der Waals surface area contributed by atoms with E-state index in [1.54, 1.807) is 0 Å². The molecular formula is C20H28N2O3S. The molecule has 142 valence electrons. The molecule has 0 unspecified atom stereocenters. The maximum atomic E-state index is 12.4. The summed E-state index contributed by atoms with van der Waals surface area (Å²) in [5.74, 6) is 1.94. The molecule has 2 N–H and O–H groups in total. The number of benzene rings is 1. The van der Waals surface area contributed by atoms with E-state index in [0.29, 0.717) is 11.5 Å². The van der Waals surface area contributed by atoms with E-state index in [9.17, 15) is 9.59 Å². The third kappa shape index (κ3) is 5.48. The van der Waals surface area contributed by atoms with Crippen molar-refractivity contribution >= 4 is 23.6 Å². The Balaban J connectivity index is 1.45. The van der Waals surface area contributed by atoms with Gasteiger partial charge in [-0.25, -0.2) is 0 Å². The van der Waals surface area contributed by atoms with E-state index >= 15 is 0 Å². The van der Waals surface area contributed by atoms with Crippen LogP contribution in [-0.2, 0) is 10.5 Å². The van der Waals surface area contributed by atoms with Gasteiger partial charge in [0, 0.05) is 29.9 Å². The number of hydrogen-bond donors (Lipinski definition) is 2. The zero-order valence-corrected chi connectivity index (χ0v) is 16.1. The normalized spacial score (nSPS) is 22.1. The van der Waals surface area contributed by atoms with Gasteiger partial charge in [-0.1, -0.05) is 19.1 Å². The van der Waals surface area contributed by atoms with Crippen LogP contribution < -0.4 is 5.32 Å². The highest BCUT2D eigenvalue weighted by Crippen LogP contribution is 2.33. The summed E-state index contributed by atoms with van der Waals surface area (Å²) >= 11 is 1.87. The van der Waals surface area contributed by atoms with E-state index in [4.69, 9.17) is 5.11 Å². The smallest absolute Gasteiger partial charge is 0.317 e. The summed E-state index contributed by atoms with van der Waals surface area (Å²) in [7, 11) is 0. The number of carbonyl (C=O) groups excluding carboxylic acids is 1. The van der Waals surface area contributed by atoms with Crippen LogP contribution in [0.4, 0.5) is 0 Å². The maximum absolute atomic E-state index is 12.4. The largest absolute Gasteiger partial charge is 0.480 e. The van der Waals surface area contributed by atoms with Gasteiger partial charge in [-0.3, -0.25) is 14.5 Å². The lowest BCUT2D eigenvalue weighted by molar-refractivity contribution is -0.139. The second kappa shape index (κ2) is 8.91. The van der Waals surface area contributed by atoms with E-state index in [1.165, 1.54) is 18.4 Å². The fraction of sp³-hybridized carbons (Fsp3) is 0.600. The predicted molar refractivity (Wildman–Crippen MR) is 104 cm³/mol. The van der Waals surface area contributed by atoms with Gasteiger partial charge in [0.05, 0.1) is 6.54 Å². The van der Waals surface area contributed by atoms with Gasteiger partial charge >= 0.3 is 5.97 Å². The van der Waals surface area contributed by atoms with Gasteiger partial charge in [0.2, 0.25) is 0 Å². The maximum Gasteiger partial charge on any atom is 0.317 e. The zero-order chi connectivity index (χ0) is 18.5. The minimum Gasteiger partial charge on any atom is -0.480 e. The van der Waals surface area contributed by atoms with Crippen LogP contribution >= 0.6 is 11.8 Å². The summed E-state index contributed by atoms with van der Waals surface area (Å²) in [5, 5.41) is 12.2. The summed E-state index contributed by atoms with van der Waals surface area (Å²) in [6.07, 6.45) is 4.12. The number of hydrogen-bond acceptors (Lipinski definition) is 4. The van der Waals surface area contributed by atoms with Crippen LogP contribution in [0.1, 0.15) is 48.5 Å². The van der Waals surface area contributed by atoms with Gasteiger partial charge in [0.25, 0.3) is 5.91 Å². The lowest BCUT2D eigenvalue weighted by Gasteiger charge is -2.42. The number of nitrogens with one attached hydrogen (secondary N) is 1. The molecule has 3 rings (SSSR count). The van der Waals surface area contributed by atoms with Gasteiger partial charge in [-0.05, 0) is 55.1 Å². The average Bonchev–Trinajstić information content (AvgIpc) is 3.39. The van der Waals surface area contributed by atoms with Crippen LogP contribution in [0.2, 0.25) is 0 Å². The lowest BCUT2D eigenvalue weighted by Crippen LogP contribution is -2.55. The van der Waals surface area contributed by atoms with Gasteiger partial charge in [-0.2, -0.15) is 11.8 Å². The molecule has 26 heavy (non-hydrogen) atoms. The molecule has 2 saturated carbocycles. The van der Waals surface area contributed by atoms with Crippen molar-refractivity contribution in [2.45, 2.75) is 50.4 Å². The molecule has 0 aliphatic heterocycles. The first-order valence-corrected chi connectivity index (χ1v) is 10.6. The molecule has 0 spiro atoms. The summed E-state index contributed by atoms with van der Waals surface area (Å²) in [5.41, 5.74) is 1.93. The van der Waals surface area contributed by atoms with Gasteiger partial charge in [0.15, 0.2) is 0 Å². The first-order valence-electron chi connectivity index (χ1n) is 9.48. The Hall–Kier alpha value is -1.53. The highest BCUT2D eigenvalue weighted by atomic mass is 32.2. The van der Waals surface area contributed by atoms with Crippen molar-refractivity contribution < 1.29 is 14.7 Å². The average molecular weight is 377 g/mol. The fourth-order valence-electron chi connectivity index (χ4n) is 3.39. The molecule has 6 heteroatoms. The Labute approximate surface area is 159 Å². The molecule has 2 aliphatic rings. The van der Waals surface area contributed by atoms with E-state index < -0.39 is 5.97 Å². The molecule has 1 amide bonds. The first-order chi connectivity index (χ1) is 12.5. The quantitative estimate of drug-likeness (QED) is 0.657. The van der Waals surface area contributed by atoms with Crippen LogP contribution in [0.15, 0.2) is 24.3 Å². The third-order valence-electron chi connectivity index (χ3n) is 5.18. The second-order valence-electron chi connectivity index (χ2n) is 7.40. The van der Waals surface area contributed by atoms with Gasteiger partial charge in [-0.15, -0.1) is 0 Å². The van der Waals surface area contributed by atoms with Gasteiger partial charge in [0.1, 0.15) is 0 Å². The van der Waals surface area contributed by atoms with Crippen molar-refractivity contribution in [2.75, 3.05) is 18.8 Å². The number of aliphatic carboxylic acids is 1. The van der Waals surface area contributed by atoms with Crippen molar-refractivity contribution in [2.24, 2.45) is 5.92 Å². The highest BCUT2D eigenvalue weighted by molar-refractivity contribution is 7.98. The Morgan fingerprint density at radius 3 is 2.50 bits per heavy atom. The standard InChI is InChI=1S/C20H28N2O3S/c1-2-26-13-15-5-7-16(8-6-15)20(25)21-17-9-18(10-17)22(12-19(23)24)11-14-3-4-14/h5-8,14,17-18H,2-4,9-13H2,1H3,(H,21,25)(H,23,24). The van der Waals surface area contributed by atoms with Crippen LogP contribution in [0.3, 0.4) is 0 Å². The predicted octanol–water partition coefficient (Wildman–Crippen LogP) is 3.00. The van der Waals surface area contributed by atoms with E-state index in [-0.39, 0.29) is 24.5 Å². The Morgan fingerprint density at radius 1 is 1.23 bits per heavy atom. The molecule has 0 saturated heterocycles. The van der Waals surface area contributed by atoms with Gasteiger partial charge < -0.3 is 10.4 Å². The fourth-order valence-corrected chi connectivity index (χ4v) is 4.03. The third-order valence-corrected chi connectivity index (χ3v) is 6.13. The molecule has 0 atom stereocenters. The summed E-state index contributed by atoms with van der Waals surface area (Å²) in [6.45, 7) is 3.13. The molecule has 0 bridgehead atoms. The number of carbonyl (C=O) groups is 2. The molecule has 2 fully saturated rings. The topological polar surface area (TPSA) is 69.6 Å². The van der Waals surface area contributed by atoms with Crippen molar-refractivity contribution in [3.8, 4) is 0 Å². The summed E-state index contributed by atoms with van der Waals surface area (Å²) in [6, 6.07) is 8.25. The SMILES string of the molecule is CCSCc1ccc(C(=O)NC2CC(N(CC(=O)O)CC3CC3)C2)cc1. The summed E-state index contributed by atoms with van der Waals surface area (Å²) in [4.78, 5) is 25.6. The van der Waals surface area contributed by atoms with Crippen molar-refractivity contribution in [3.63, 3.8) is 0 Å². The molecule has 0 radical (unpaired) electrons. The molecule has 1 aromatic carbocycles. The number of rotatable bonds is 10. The Bertz CT molecular complexity index is 624. The van der Waals surface area contributed by atoms with Crippen LogP contribution in [0, 0.1) is 5.92 Å². The number of thioether (sulfide) groups is 1. The van der Waals surface area contributed by atoms with E-state index in [0.717, 1.165) is 30.9 Å². The molecule has 5 nitrogen and oxygen atoms in total. The zero-order valence-electron chi connectivity index (χ0n) is 15.3. The minimum absolute atomic E-state index is 0.0323. The monoisotopic (exact) mass is 376 g/mol. The van der Waals surface area contributed by atoms with Crippen LogP contribution in [-0.4, -0.2) is 52.8 Å². The molecule has 0 aromatic heterocycles. The molecule has 0 heterocycles. The second-order valence-corrected chi connectivity index (χ2v) is 8.67. The Kier molecular flexibility index (Phi) is 6.59. The van der Waals surface area contributed by atoms with Crippen molar-refractivity contribution in [1.29, 1.82) is 0 Å². The van der Waals surface area contributed by atoms with Crippen LogP contribution in [0.25, 0.3) is 0 Å². The highest BCUT2D eigenvalue weighted by Gasteiger charge is 2.37. The molecule has 1 aromatic rings. The molecule has 2 aliphatic carbocycles. The van der Waals surface area contributed by atoms with E-state index in [2.05, 4.69) is 17.1 Å². The number of amides is 1. The lowest BCUT2D eigenvalue weighted by atomic mass is 9.85. The number of carboxylic acids is 1. The van der Waals surface area contributed by atoms with Crippen LogP contribution in [0.5, 0.6) is 0 Å². The van der Waals surface area contributed by atoms with Crippen molar-refractivity contribution in [3.05, 3.63) is 35.4 Å². The minimum atomic E-state index is -0.764.